The highest BCUT2D eigenvalue weighted by Gasteiger charge is 2.20. The van der Waals surface area contributed by atoms with E-state index in [1.807, 2.05) is 0 Å². The molecule has 30 heavy (non-hydrogen) atoms. The van der Waals surface area contributed by atoms with E-state index in [2.05, 4.69) is 56.1 Å². The molecular weight excluding hydrogens is 364 g/mol. The molecule has 176 valence electrons. The average molecular weight is 420 g/mol. The first-order valence-corrected chi connectivity index (χ1v) is 13.7. The molecule has 1 aromatic heterocycles. The smallest absolute Gasteiger partial charge is 0.232 e. The highest BCUT2D eigenvalue weighted by atomic mass is 15.2. The third-order valence-electron chi connectivity index (χ3n) is 6.60. The molecule has 0 saturated carbocycles. The van der Waals surface area contributed by atoms with Crippen molar-refractivity contribution in [3.63, 3.8) is 0 Å². The first kappa shape index (κ1) is 27.2. The number of hydrogen-bond donors (Lipinski definition) is 0. The minimum absolute atomic E-state index is 0.561. The van der Waals surface area contributed by atoms with Crippen LogP contribution in [0.15, 0.2) is 12.4 Å². The fourth-order valence-electron chi connectivity index (χ4n) is 4.66. The molecule has 0 aromatic carbocycles. The number of hydrogen-bond acceptors (Lipinski definition) is 0. The predicted molar refractivity (Wildman–Crippen MR) is 133 cm³/mol. The van der Waals surface area contributed by atoms with Gasteiger partial charge >= 0.3 is 0 Å². The van der Waals surface area contributed by atoms with Crippen LogP contribution in [0.5, 0.6) is 0 Å². The van der Waals surface area contributed by atoms with Crippen LogP contribution in [0.2, 0.25) is 0 Å². The van der Waals surface area contributed by atoms with Crippen molar-refractivity contribution in [3.8, 4) is 0 Å². The Labute approximate surface area is 189 Å². The van der Waals surface area contributed by atoms with Gasteiger partial charge in [-0.05, 0) is 34.1 Å². The van der Waals surface area contributed by atoms with E-state index in [9.17, 15) is 0 Å². The monoisotopic (exact) mass is 419 g/mol. The summed E-state index contributed by atoms with van der Waals surface area (Å²) >= 11 is 0. The molecule has 0 aliphatic rings. The SMILES string of the molecule is CCCCCCCCCCCCCCCCCCCc1n(C(C)C)cc[n+]1C(C)C. The number of aromatic nitrogens is 2. The van der Waals surface area contributed by atoms with Crippen molar-refractivity contribution >= 4 is 0 Å². The van der Waals surface area contributed by atoms with Crippen molar-refractivity contribution in [2.45, 2.75) is 162 Å². The molecule has 0 fully saturated rings. The third kappa shape index (κ3) is 12.2. The van der Waals surface area contributed by atoms with E-state index in [1.54, 1.807) is 0 Å². The second-order valence-corrected chi connectivity index (χ2v) is 10.1. The lowest BCUT2D eigenvalue weighted by molar-refractivity contribution is -0.722. The molecule has 0 spiro atoms. The minimum atomic E-state index is 0.561. The van der Waals surface area contributed by atoms with Gasteiger partial charge in [0.05, 0.1) is 12.1 Å². The lowest BCUT2D eigenvalue weighted by Gasteiger charge is -2.10. The highest BCUT2D eigenvalue weighted by molar-refractivity contribution is 4.87. The second-order valence-electron chi connectivity index (χ2n) is 10.1. The van der Waals surface area contributed by atoms with Crippen LogP contribution in [0.3, 0.4) is 0 Å². The van der Waals surface area contributed by atoms with Gasteiger partial charge in [-0.25, -0.2) is 9.13 Å². The molecular formula is C28H55N2+. The molecule has 0 saturated heterocycles. The van der Waals surface area contributed by atoms with Gasteiger partial charge in [0.25, 0.3) is 5.82 Å². The number of imidazole rings is 1. The van der Waals surface area contributed by atoms with Crippen LogP contribution < -0.4 is 4.57 Å². The van der Waals surface area contributed by atoms with E-state index < -0.39 is 0 Å². The van der Waals surface area contributed by atoms with Crippen LogP contribution in [0, 0.1) is 0 Å². The zero-order chi connectivity index (χ0) is 22.0. The lowest BCUT2D eigenvalue weighted by Crippen LogP contribution is -2.39. The van der Waals surface area contributed by atoms with Gasteiger partial charge in [0.1, 0.15) is 12.4 Å². The summed E-state index contributed by atoms with van der Waals surface area (Å²) in [6, 6.07) is 1.12. The molecule has 0 aliphatic heterocycles. The quantitative estimate of drug-likeness (QED) is 0.147. The summed E-state index contributed by atoms with van der Waals surface area (Å²) in [4.78, 5) is 0. The molecule has 0 radical (unpaired) electrons. The van der Waals surface area contributed by atoms with Gasteiger partial charge in [0.15, 0.2) is 0 Å². The highest BCUT2D eigenvalue weighted by Crippen LogP contribution is 2.16. The predicted octanol–water partition coefficient (Wildman–Crippen LogP) is 9.13. The zero-order valence-electron chi connectivity index (χ0n) is 21.4. The van der Waals surface area contributed by atoms with Crippen LogP contribution in [0.25, 0.3) is 0 Å². The second kappa shape index (κ2) is 17.8. The van der Waals surface area contributed by atoms with Gasteiger partial charge in [0, 0.05) is 6.42 Å². The molecule has 0 bridgehead atoms. The van der Waals surface area contributed by atoms with Crippen molar-refractivity contribution in [3.05, 3.63) is 18.2 Å². The van der Waals surface area contributed by atoms with E-state index in [0.29, 0.717) is 12.1 Å². The van der Waals surface area contributed by atoms with Gasteiger partial charge in [0.2, 0.25) is 0 Å². The zero-order valence-corrected chi connectivity index (χ0v) is 21.4. The van der Waals surface area contributed by atoms with E-state index in [0.717, 1.165) is 0 Å². The number of unbranched alkanes of at least 4 members (excludes halogenated alkanes) is 16. The maximum Gasteiger partial charge on any atom is 0.256 e. The third-order valence-corrected chi connectivity index (χ3v) is 6.60. The molecule has 1 heterocycles. The van der Waals surface area contributed by atoms with Gasteiger partial charge < -0.3 is 0 Å². The van der Waals surface area contributed by atoms with E-state index in [1.165, 1.54) is 121 Å². The number of nitrogens with zero attached hydrogens (tertiary/aromatic N) is 2. The van der Waals surface area contributed by atoms with Crippen molar-refractivity contribution in [1.29, 1.82) is 0 Å². The Kier molecular flexibility index (Phi) is 16.2. The average Bonchev–Trinajstić information content (AvgIpc) is 3.15. The maximum atomic E-state index is 2.46. The fraction of sp³-hybridized carbons (Fsp3) is 0.893. The van der Waals surface area contributed by atoms with Gasteiger partial charge in [-0.2, -0.15) is 0 Å². The van der Waals surface area contributed by atoms with Crippen molar-refractivity contribution in [1.82, 2.24) is 4.57 Å². The Morgan fingerprint density at radius 3 is 1.40 bits per heavy atom. The standard InChI is InChI=1S/C28H55N2/c1-6-7-8-9-10-11-12-13-14-15-16-17-18-19-20-21-22-23-28-29(26(2)3)24-25-30(28)27(4)5/h24-27H,6-23H2,1-5H3/q+1. The number of rotatable bonds is 20. The first-order chi connectivity index (χ1) is 14.6. The molecule has 0 atom stereocenters. The van der Waals surface area contributed by atoms with Crippen LogP contribution in [0.1, 0.15) is 162 Å². The Balaban J connectivity index is 1.93. The summed E-state index contributed by atoms with van der Waals surface area (Å²) in [6.07, 6.45) is 30.3. The fourth-order valence-corrected chi connectivity index (χ4v) is 4.66. The van der Waals surface area contributed by atoms with E-state index in [-0.39, 0.29) is 0 Å². The lowest BCUT2D eigenvalue weighted by atomic mass is 10.0. The summed E-state index contributed by atoms with van der Waals surface area (Å²) in [7, 11) is 0. The largest absolute Gasteiger partial charge is 0.256 e. The van der Waals surface area contributed by atoms with Crippen molar-refractivity contribution < 1.29 is 4.57 Å². The Morgan fingerprint density at radius 1 is 0.633 bits per heavy atom. The van der Waals surface area contributed by atoms with Gasteiger partial charge in [-0.1, -0.05) is 110 Å². The summed E-state index contributed by atoms with van der Waals surface area (Å²) in [5.41, 5.74) is 0. The molecule has 0 unspecified atom stereocenters. The molecule has 0 aliphatic carbocycles. The van der Waals surface area contributed by atoms with Gasteiger partial charge in [-0.3, -0.25) is 0 Å². The van der Waals surface area contributed by atoms with E-state index >= 15 is 0 Å². The molecule has 0 amide bonds. The molecule has 2 heteroatoms. The van der Waals surface area contributed by atoms with Crippen molar-refractivity contribution in [2.24, 2.45) is 0 Å². The van der Waals surface area contributed by atoms with Crippen LogP contribution in [-0.2, 0) is 6.42 Å². The summed E-state index contributed by atoms with van der Waals surface area (Å²) in [5.74, 6) is 1.51. The summed E-state index contributed by atoms with van der Waals surface area (Å²) in [5, 5.41) is 0. The minimum Gasteiger partial charge on any atom is -0.232 e. The van der Waals surface area contributed by atoms with Crippen LogP contribution in [-0.4, -0.2) is 4.57 Å². The normalized spacial score (nSPS) is 11.8. The molecule has 0 N–H and O–H groups in total. The topological polar surface area (TPSA) is 8.81 Å². The Bertz CT molecular complexity index is 475. The molecule has 1 aromatic rings. The Morgan fingerprint density at radius 2 is 1.03 bits per heavy atom. The first-order valence-electron chi connectivity index (χ1n) is 13.7. The van der Waals surface area contributed by atoms with Crippen LogP contribution >= 0.6 is 0 Å². The van der Waals surface area contributed by atoms with E-state index in [4.69, 9.17) is 0 Å². The molecule has 1 rings (SSSR count). The van der Waals surface area contributed by atoms with Crippen LogP contribution in [0.4, 0.5) is 0 Å². The Hall–Kier alpha value is -0.790. The van der Waals surface area contributed by atoms with Gasteiger partial charge in [-0.15, -0.1) is 0 Å². The molecule has 2 nitrogen and oxygen atoms in total. The summed E-state index contributed by atoms with van der Waals surface area (Å²) in [6.45, 7) is 11.5. The summed E-state index contributed by atoms with van der Waals surface area (Å²) < 4.78 is 4.93. The van der Waals surface area contributed by atoms with Crippen molar-refractivity contribution in [2.75, 3.05) is 0 Å². The maximum absolute atomic E-state index is 2.46.